The van der Waals surface area contributed by atoms with Gasteiger partial charge in [-0.15, -0.1) is 5.10 Å². The molecule has 1 fully saturated rings. The fraction of sp³-hybridized carbons (Fsp3) is 0.312. The third-order valence-electron chi connectivity index (χ3n) is 3.74. The van der Waals surface area contributed by atoms with Crippen molar-refractivity contribution < 1.29 is 23.6 Å². The lowest BCUT2D eigenvalue weighted by Gasteiger charge is -2.14. The van der Waals surface area contributed by atoms with Crippen molar-refractivity contribution in [2.24, 2.45) is 5.16 Å². The summed E-state index contributed by atoms with van der Waals surface area (Å²) in [4.78, 5) is 28.8. The lowest BCUT2D eigenvalue weighted by molar-refractivity contribution is -0.119. The van der Waals surface area contributed by atoms with Gasteiger partial charge in [0.1, 0.15) is 24.6 Å². The van der Waals surface area contributed by atoms with Crippen LogP contribution in [0.4, 0.5) is 14.9 Å². The SMILES string of the molecule is CO/N=C/c1cn(-c2ccc(N3C[C@H](CNC(C)=O)OC3=O)cc2F)nn1. The zero-order valence-electron chi connectivity index (χ0n) is 14.6. The molecule has 1 aromatic heterocycles. The molecule has 0 radical (unpaired) electrons. The molecule has 2 amide bonds. The molecule has 0 aliphatic carbocycles. The van der Waals surface area contributed by atoms with E-state index in [4.69, 9.17) is 4.74 Å². The van der Waals surface area contributed by atoms with Crippen molar-refractivity contribution in [2.75, 3.05) is 25.1 Å². The Kier molecular flexibility index (Phi) is 5.29. The number of hydrogen-bond acceptors (Lipinski definition) is 7. The average molecular weight is 376 g/mol. The molecule has 142 valence electrons. The summed E-state index contributed by atoms with van der Waals surface area (Å²) in [6, 6.07) is 4.26. The summed E-state index contributed by atoms with van der Waals surface area (Å²) in [5, 5.41) is 13.8. The van der Waals surface area contributed by atoms with Crippen molar-refractivity contribution in [3.05, 3.63) is 35.9 Å². The number of hydrogen-bond donors (Lipinski definition) is 1. The number of carbonyl (C=O) groups is 2. The summed E-state index contributed by atoms with van der Waals surface area (Å²) in [6.45, 7) is 1.78. The molecule has 1 saturated heterocycles. The van der Waals surface area contributed by atoms with Gasteiger partial charge in [0.05, 0.1) is 31.2 Å². The first-order valence-electron chi connectivity index (χ1n) is 7.99. The highest BCUT2D eigenvalue weighted by Crippen LogP contribution is 2.25. The van der Waals surface area contributed by atoms with E-state index in [0.29, 0.717) is 11.4 Å². The summed E-state index contributed by atoms with van der Waals surface area (Å²) in [7, 11) is 1.39. The van der Waals surface area contributed by atoms with Gasteiger partial charge in [-0.2, -0.15) is 0 Å². The number of rotatable bonds is 6. The van der Waals surface area contributed by atoms with Gasteiger partial charge in [0.2, 0.25) is 5.91 Å². The first kappa shape index (κ1) is 18.3. The normalized spacial score (nSPS) is 16.6. The van der Waals surface area contributed by atoms with Crippen LogP contribution >= 0.6 is 0 Å². The van der Waals surface area contributed by atoms with Crippen LogP contribution in [0.1, 0.15) is 12.6 Å². The summed E-state index contributed by atoms with van der Waals surface area (Å²) >= 11 is 0. The molecule has 10 nitrogen and oxygen atoms in total. The molecule has 1 aromatic carbocycles. The van der Waals surface area contributed by atoms with Crippen LogP contribution in [0.25, 0.3) is 5.69 Å². The Morgan fingerprint density at radius 1 is 1.56 bits per heavy atom. The van der Waals surface area contributed by atoms with Crippen LogP contribution in [-0.2, 0) is 14.4 Å². The van der Waals surface area contributed by atoms with Crippen LogP contribution in [0.5, 0.6) is 0 Å². The fourth-order valence-electron chi connectivity index (χ4n) is 2.51. The van der Waals surface area contributed by atoms with Gasteiger partial charge in [0.25, 0.3) is 0 Å². The number of cyclic esters (lactones) is 1. The Morgan fingerprint density at radius 2 is 2.37 bits per heavy atom. The first-order chi connectivity index (χ1) is 13.0. The second-order valence-electron chi connectivity index (χ2n) is 5.69. The van der Waals surface area contributed by atoms with Crippen molar-refractivity contribution in [2.45, 2.75) is 13.0 Å². The van der Waals surface area contributed by atoms with Gasteiger partial charge in [0, 0.05) is 6.92 Å². The predicted octanol–water partition coefficient (Wildman–Crippen LogP) is 0.848. The van der Waals surface area contributed by atoms with Crippen molar-refractivity contribution in [1.82, 2.24) is 20.3 Å². The molecule has 1 aliphatic heterocycles. The molecule has 0 saturated carbocycles. The largest absolute Gasteiger partial charge is 0.442 e. The molecule has 0 unspecified atom stereocenters. The van der Waals surface area contributed by atoms with Gasteiger partial charge >= 0.3 is 6.09 Å². The Labute approximate surface area is 153 Å². The van der Waals surface area contributed by atoms with Crippen LogP contribution in [0.2, 0.25) is 0 Å². The van der Waals surface area contributed by atoms with Crippen LogP contribution < -0.4 is 10.2 Å². The lowest BCUT2D eigenvalue weighted by atomic mass is 10.2. The van der Waals surface area contributed by atoms with E-state index < -0.39 is 18.0 Å². The summed E-state index contributed by atoms with van der Waals surface area (Å²) in [5.74, 6) is -0.812. The highest BCUT2D eigenvalue weighted by Gasteiger charge is 2.32. The number of aromatic nitrogens is 3. The minimum Gasteiger partial charge on any atom is -0.442 e. The molecular formula is C16H17FN6O4. The molecule has 3 rings (SSSR count). The number of carbonyl (C=O) groups excluding carboxylic acids is 2. The third-order valence-corrected chi connectivity index (χ3v) is 3.74. The van der Waals surface area contributed by atoms with Crippen LogP contribution in [0, 0.1) is 5.82 Å². The Hall–Kier alpha value is -3.50. The topological polar surface area (TPSA) is 111 Å². The van der Waals surface area contributed by atoms with Crippen molar-refractivity contribution in [1.29, 1.82) is 0 Å². The number of amides is 2. The average Bonchev–Trinajstić information content (AvgIpc) is 3.24. The van der Waals surface area contributed by atoms with Gasteiger partial charge < -0.3 is 14.9 Å². The molecule has 0 spiro atoms. The van der Waals surface area contributed by atoms with Crippen molar-refractivity contribution >= 4 is 23.9 Å². The third kappa shape index (κ3) is 4.19. The minimum absolute atomic E-state index is 0.158. The highest BCUT2D eigenvalue weighted by molar-refractivity contribution is 5.90. The number of nitrogens with zero attached hydrogens (tertiary/aromatic N) is 5. The Bertz CT molecular complexity index is 884. The Morgan fingerprint density at radius 3 is 3.07 bits per heavy atom. The molecule has 1 N–H and O–H groups in total. The standard InChI is InChI=1S/C16H17FN6O4/c1-10(24)18-7-13-9-22(16(25)27-13)12-3-4-15(14(17)5-12)23-8-11(20-21-23)6-19-26-2/h3-6,8,13H,7,9H2,1-2H3,(H,18,24)/b19-6+/t13-/m0/s1. The number of benzene rings is 1. The quantitative estimate of drug-likeness (QED) is 0.591. The van der Waals surface area contributed by atoms with Crippen LogP contribution in [0.15, 0.2) is 29.6 Å². The highest BCUT2D eigenvalue weighted by atomic mass is 19.1. The van der Waals surface area contributed by atoms with Crippen LogP contribution in [0.3, 0.4) is 0 Å². The van der Waals surface area contributed by atoms with Gasteiger partial charge in [-0.1, -0.05) is 10.4 Å². The minimum atomic E-state index is -0.601. The predicted molar refractivity (Wildman–Crippen MR) is 92.2 cm³/mol. The second-order valence-corrected chi connectivity index (χ2v) is 5.69. The van der Waals surface area contributed by atoms with E-state index in [9.17, 15) is 14.0 Å². The monoisotopic (exact) mass is 376 g/mol. The van der Waals surface area contributed by atoms with E-state index in [1.54, 1.807) is 6.07 Å². The smallest absolute Gasteiger partial charge is 0.414 e. The van der Waals surface area contributed by atoms with Crippen molar-refractivity contribution in [3.8, 4) is 5.69 Å². The molecule has 0 bridgehead atoms. The molecule has 1 aliphatic rings. The van der Waals surface area contributed by atoms with E-state index in [2.05, 4.69) is 25.6 Å². The zero-order chi connectivity index (χ0) is 19.4. The molecule has 2 heterocycles. The number of halogens is 1. The summed E-state index contributed by atoms with van der Waals surface area (Å²) in [6.07, 6.45) is 1.72. The second kappa shape index (κ2) is 7.81. The molecule has 11 heteroatoms. The van der Waals surface area contributed by atoms with E-state index >= 15 is 0 Å². The molecule has 2 aromatic rings. The fourth-order valence-corrected chi connectivity index (χ4v) is 2.51. The van der Waals surface area contributed by atoms with Gasteiger partial charge in [-0.3, -0.25) is 9.69 Å². The Balaban J connectivity index is 1.75. The molecule has 27 heavy (non-hydrogen) atoms. The number of oxime groups is 1. The zero-order valence-corrected chi connectivity index (χ0v) is 14.6. The summed E-state index contributed by atoms with van der Waals surface area (Å²) < 4.78 is 21.0. The van der Waals surface area contributed by atoms with E-state index in [1.165, 1.54) is 48.2 Å². The molecular weight excluding hydrogens is 359 g/mol. The van der Waals surface area contributed by atoms with E-state index in [0.717, 1.165) is 0 Å². The number of anilines is 1. The van der Waals surface area contributed by atoms with Gasteiger partial charge in [-0.25, -0.2) is 13.9 Å². The van der Waals surface area contributed by atoms with Gasteiger partial charge in [0.15, 0.2) is 5.82 Å². The van der Waals surface area contributed by atoms with Crippen LogP contribution in [-0.4, -0.2) is 59.5 Å². The summed E-state index contributed by atoms with van der Waals surface area (Å²) in [5.41, 5.74) is 0.891. The maximum Gasteiger partial charge on any atom is 0.414 e. The molecule has 1 atom stereocenters. The number of nitrogens with one attached hydrogen (secondary N) is 1. The lowest BCUT2D eigenvalue weighted by Crippen LogP contribution is -2.33. The maximum absolute atomic E-state index is 14.5. The first-order valence-corrected chi connectivity index (χ1v) is 7.99. The van der Waals surface area contributed by atoms with E-state index in [-0.39, 0.29) is 24.7 Å². The van der Waals surface area contributed by atoms with Crippen molar-refractivity contribution in [3.63, 3.8) is 0 Å². The van der Waals surface area contributed by atoms with Gasteiger partial charge in [-0.05, 0) is 18.2 Å². The maximum atomic E-state index is 14.5. The van der Waals surface area contributed by atoms with E-state index in [1.807, 2.05) is 0 Å². The number of ether oxygens (including phenoxy) is 1.